The normalized spacial score (nSPS) is 18.5. The van der Waals surface area contributed by atoms with Crippen molar-refractivity contribution in [3.05, 3.63) is 23.8 Å². The van der Waals surface area contributed by atoms with Gasteiger partial charge >= 0.3 is 6.18 Å². The molecule has 0 spiro atoms. The van der Waals surface area contributed by atoms with E-state index in [-0.39, 0.29) is 17.5 Å². The monoisotopic (exact) mass is 317 g/mol. The van der Waals surface area contributed by atoms with E-state index in [0.717, 1.165) is 12.5 Å². The highest BCUT2D eigenvalue weighted by Gasteiger charge is 2.35. The Kier molecular flexibility index (Phi) is 4.95. The Balaban J connectivity index is 2.23. The molecule has 0 aliphatic carbocycles. The Bertz CT molecular complexity index is 537. The number of rotatable bonds is 4. The molecule has 1 heterocycles. The van der Waals surface area contributed by atoms with Crippen LogP contribution in [0.25, 0.3) is 0 Å². The molecule has 1 saturated heterocycles. The minimum atomic E-state index is -4.59. The third kappa shape index (κ3) is 4.13. The van der Waals surface area contributed by atoms with Crippen LogP contribution in [0.5, 0.6) is 5.75 Å². The Labute approximate surface area is 126 Å². The average molecular weight is 317 g/mol. The number of halogens is 3. The lowest BCUT2D eigenvalue weighted by atomic mass is 10.1. The van der Waals surface area contributed by atoms with Gasteiger partial charge in [-0.2, -0.15) is 13.2 Å². The second-order valence-electron chi connectivity index (χ2n) is 5.36. The maximum Gasteiger partial charge on any atom is 0.418 e. The van der Waals surface area contributed by atoms with Crippen molar-refractivity contribution in [2.45, 2.75) is 45.1 Å². The molecule has 0 bridgehead atoms. The number of carbonyl (C=O) groups excluding carboxylic acids is 1. The first-order valence-corrected chi connectivity index (χ1v) is 7.07. The van der Waals surface area contributed by atoms with Crippen molar-refractivity contribution in [2.24, 2.45) is 0 Å². The van der Waals surface area contributed by atoms with Gasteiger partial charge in [0.2, 0.25) is 0 Å². The first kappa shape index (κ1) is 16.6. The Morgan fingerprint density at radius 3 is 2.68 bits per heavy atom. The molecular formula is C15H18F3NO3. The Morgan fingerprint density at radius 1 is 1.41 bits per heavy atom. The first-order valence-electron chi connectivity index (χ1n) is 7.07. The number of nitrogens with one attached hydrogen (secondary N) is 1. The Hall–Kier alpha value is -1.76. The van der Waals surface area contributed by atoms with Gasteiger partial charge in [0.1, 0.15) is 11.9 Å². The van der Waals surface area contributed by atoms with Crippen molar-refractivity contribution in [1.82, 2.24) is 0 Å². The zero-order valence-corrected chi connectivity index (χ0v) is 12.4. The molecule has 7 heteroatoms. The number of hydrogen-bond acceptors (Lipinski definition) is 3. The highest BCUT2D eigenvalue weighted by molar-refractivity contribution is 5.95. The Morgan fingerprint density at radius 2 is 2.14 bits per heavy atom. The molecule has 122 valence electrons. The van der Waals surface area contributed by atoms with Crippen LogP contribution in [0.2, 0.25) is 0 Å². The van der Waals surface area contributed by atoms with E-state index >= 15 is 0 Å². The van der Waals surface area contributed by atoms with E-state index in [4.69, 9.17) is 9.47 Å². The summed E-state index contributed by atoms with van der Waals surface area (Å²) < 4.78 is 49.9. The van der Waals surface area contributed by atoms with Crippen LogP contribution in [0.15, 0.2) is 18.2 Å². The van der Waals surface area contributed by atoms with E-state index in [9.17, 15) is 18.0 Å². The van der Waals surface area contributed by atoms with Crippen molar-refractivity contribution in [1.29, 1.82) is 0 Å². The number of benzene rings is 1. The van der Waals surface area contributed by atoms with Gasteiger partial charge in [-0.05, 0) is 44.9 Å². The minimum absolute atomic E-state index is 0.109. The fraction of sp³-hybridized carbons (Fsp3) is 0.533. The van der Waals surface area contributed by atoms with Gasteiger partial charge in [0.25, 0.3) is 5.91 Å². The van der Waals surface area contributed by atoms with Gasteiger partial charge in [0, 0.05) is 6.61 Å². The van der Waals surface area contributed by atoms with E-state index in [2.05, 4.69) is 5.32 Å². The van der Waals surface area contributed by atoms with Crippen LogP contribution in [0, 0.1) is 0 Å². The summed E-state index contributed by atoms with van der Waals surface area (Å²) >= 11 is 0. The molecule has 0 radical (unpaired) electrons. The van der Waals surface area contributed by atoms with E-state index < -0.39 is 23.8 Å². The standard InChI is InChI=1S/C15H18F3NO3/c1-9(2)22-10-5-6-12(11(8-10)15(16,17)18)19-14(20)13-4-3-7-21-13/h5-6,8-9,13H,3-4,7H2,1-2H3,(H,19,20). The number of ether oxygens (including phenoxy) is 2. The summed E-state index contributed by atoms with van der Waals surface area (Å²) in [6.07, 6.45) is -4.27. The highest BCUT2D eigenvalue weighted by Crippen LogP contribution is 2.37. The van der Waals surface area contributed by atoms with Crippen molar-refractivity contribution < 1.29 is 27.4 Å². The van der Waals surface area contributed by atoms with Crippen LogP contribution in [-0.4, -0.2) is 24.7 Å². The summed E-state index contributed by atoms with van der Waals surface area (Å²) in [6, 6.07) is 3.50. The quantitative estimate of drug-likeness (QED) is 0.923. The van der Waals surface area contributed by atoms with E-state index in [0.29, 0.717) is 13.0 Å². The molecule has 1 aliphatic heterocycles. The highest BCUT2D eigenvalue weighted by atomic mass is 19.4. The van der Waals surface area contributed by atoms with E-state index in [1.807, 2.05) is 0 Å². The van der Waals surface area contributed by atoms with Crippen LogP contribution >= 0.6 is 0 Å². The summed E-state index contributed by atoms with van der Waals surface area (Å²) in [5.41, 5.74) is -1.22. The van der Waals surface area contributed by atoms with Gasteiger partial charge in [-0.3, -0.25) is 4.79 Å². The molecule has 4 nitrogen and oxygen atoms in total. The summed E-state index contributed by atoms with van der Waals surface area (Å²) in [7, 11) is 0. The molecule has 1 amide bonds. The lowest BCUT2D eigenvalue weighted by molar-refractivity contribution is -0.137. The van der Waals surface area contributed by atoms with Crippen LogP contribution in [-0.2, 0) is 15.7 Å². The van der Waals surface area contributed by atoms with Crippen molar-refractivity contribution in [2.75, 3.05) is 11.9 Å². The summed E-state index contributed by atoms with van der Waals surface area (Å²) in [6.45, 7) is 3.89. The third-order valence-corrected chi connectivity index (χ3v) is 3.15. The largest absolute Gasteiger partial charge is 0.491 e. The molecule has 1 aromatic rings. The molecule has 1 fully saturated rings. The zero-order chi connectivity index (χ0) is 16.3. The molecule has 1 unspecified atom stereocenters. The third-order valence-electron chi connectivity index (χ3n) is 3.15. The number of anilines is 1. The van der Waals surface area contributed by atoms with Crippen LogP contribution < -0.4 is 10.1 Å². The number of carbonyl (C=O) groups is 1. The number of alkyl halides is 3. The molecule has 0 saturated carbocycles. The van der Waals surface area contributed by atoms with E-state index in [1.54, 1.807) is 13.8 Å². The molecule has 1 aliphatic rings. The predicted octanol–water partition coefficient (Wildman–Crippen LogP) is 3.61. The van der Waals surface area contributed by atoms with Crippen molar-refractivity contribution in [3.8, 4) is 5.75 Å². The van der Waals surface area contributed by atoms with Gasteiger partial charge in [0.15, 0.2) is 0 Å². The SMILES string of the molecule is CC(C)Oc1ccc(NC(=O)C2CCCO2)c(C(F)(F)F)c1. The lowest BCUT2D eigenvalue weighted by Gasteiger charge is -2.18. The van der Waals surface area contributed by atoms with Crippen molar-refractivity contribution >= 4 is 11.6 Å². The topological polar surface area (TPSA) is 47.6 Å². The molecule has 1 aromatic carbocycles. The van der Waals surface area contributed by atoms with Gasteiger partial charge in [-0.15, -0.1) is 0 Å². The summed E-state index contributed by atoms with van der Waals surface area (Å²) in [4.78, 5) is 11.9. The molecule has 1 N–H and O–H groups in total. The predicted molar refractivity (Wildman–Crippen MR) is 74.8 cm³/mol. The molecular weight excluding hydrogens is 299 g/mol. The summed E-state index contributed by atoms with van der Waals surface area (Å²) in [5, 5.41) is 2.30. The number of amides is 1. The molecule has 22 heavy (non-hydrogen) atoms. The smallest absolute Gasteiger partial charge is 0.418 e. The first-order chi connectivity index (χ1) is 10.3. The van der Waals surface area contributed by atoms with Gasteiger partial charge < -0.3 is 14.8 Å². The maximum atomic E-state index is 13.2. The van der Waals surface area contributed by atoms with Crippen LogP contribution in [0.3, 0.4) is 0 Å². The average Bonchev–Trinajstić information content (AvgIpc) is 2.92. The molecule has 2 rings (SSSR count). The van der Waals surface area contributed by atoms with Crippen molar-refractivity contribution in [3.63, 3.8) is 0 Å². The van der Waals surface area contributed by atoms with Crippen LogP contribution in [0.1, 0.15) is 32.3 Å². The van der Waals surface area contributed by atoms with Gasteiger partial charge in [-0.1, -0.05) is 0 Å². The maximum absolute atomic E-state index is 13.2. The van der Waals surface area contributed by atoms with Gasteiger partial charge in [-0.25, -0.2) is 0 Å². The fourth-order valence-corrected chi connectivity index (χ4v) is 2.21. The second-order valence-corrected chi connectivity index (χ2v) is 5.36. The molecule has 0 aromatic heterocycles. The van der Waals surface area contributed by atoms with E-state index in [1.165, 1.54) is 12.1 Å². The fourth-order valence-electron chi connectivity index (χ4n) is 2.21. The number of hydrogen-bond donors (Lipinski definition) is 1. The summed E-state index contributed by atoms with van der Waals surface area (Å²) in [5.74, 6) is -0.446. The minimum Gasteiger partial charge on any atom is -0.491 e. The second kappa shape index (κ2) is 6.56. The van der Waals surface area contributed by atoms with Gasteiger partial charge in [0.05, 0.1) is 17.4 Å². The zero-order valence-electron chi connectivity index (χ0n) is 12.4. The molecule has 1 atom stereocenters. The van der Waals surface area contributed by atoms with Crippen LogP contribution in [0.4, 0.5) is 18.9 Å². The lowest BCUT2D eigenvalue weighted by Crippen LogP contribution is -2.28.